The minimum absolute atomic E-state index is 0.0626. The zero-order valence-corrected chi connectivity index (χ0v) is 15.6. The third-order valence-electron chi connectivity index (χ3n) is 5.08. The van der Waals surface area contributed by atoms with E-state index in [1.54, 1.807) is 0 Å². The molecule has 1 amide bonds. The van der Waals surface area contributed by atoms with Crippen molar-refractivity contribution in [3.05, 3.63) is 53.6 Å². The topological polar surface area (TPSA) is 48.0 Å². The summed E-state index contributed by atoms with van der Waals surface area (Å²) in [4.78, 5) is 15.0. The van der Waals surface area contributed by atoms with Gasteiger partial charge in [-0.1, -0.05) is 6.07 Å². The molecule has 0 spiro atoms. The van der Waals surface area contributed by atoms with Crippen LogP contribution in [0.1, 0.15) is 48.1 Å². The molecule has 5 heteroatoms. The maximum atomic E-state index is 13.1. The third-order valence-corrected chi connectivity index (χ3v) is 5.08. The Hall–Kier alpha value is -2.69. The number of hydrogen-bond acceptors (Lipinski definition) is 4. The van der Waals surface area contributed by atoms with Gasteiger partial charge in [0.2, 0.25) is 0 Å². The Kier molecular flexibility index (Phi) is 5.19. The van der Waals surface area contributed by atoms with Crippen LogP contribution in [0.4, 0.5) is 0 Å². The number of benzene rings is 2. The lowest BCUT2D eigenvalue weighted by molar-refractivity contribution is 0.0735. The summed E-state index contributed by atoms with van der Waals surface area (Å²) < 4.78 is 17.0. The SMILES string of the molecule is CCOc1ccc(C(=O)N2CCCC2c2ccc3c(c2)OCCCO3)cc1. The van der Waals surface area contributed by atoms with Crippen LogP contribution in [0.15, 0.2) is 42.5 Å². The van der Waals surface area contributed by atoms with Crippen LogP contribution >= 0.6 is 0 Å². The lowest BCUT2D eigenvalue weighted by atomic mass is 10.0. The van der Waals surface area contributed by atoms with Crippen molar-refractivity contribution in [2.75, 3.05) is 26.4 Å². The predicted octanol–water partition coefficient (Wildman–Crippen LogP) is 4.22. The first-order chi connectivity index (χ1) is 13.3. The van der Waals surface area contributed by atoms with Crippen molar-refractivity contribution in [3.8, 4) is 17.2 Å². The molecule has 2 heterocycles. The molecule has 2 aromatic carbocycles. The van der Waals surface area contributed by atoms with E-state index in [-0.39, 0.29) is 11.9 Å². The summed E-state index contributed by atoms with van der Waals surface area (Å²) in [5.74, 6) is 2.42. The van der Waals surface area contributed by atoms with Gasteiger partial charge < -0.3 is 19.1 Å². The van der Waals surface area contributed by atoms with E-state index >= 15 is 0 Å². The summed E-state index contributed by atoms with van der Waals surface area (Å²) in [6.45, 7) is 4.67. The van der Waals surface area contributed by atoms with Crippen molar-refractivity contribution in [1.82, 2.24) is 4.90 Å². The molecule has 1 atom stereocenters. The van der Waals surface area contributed by atoms with Crippen molar-refractivity contribution in [1.29, 1.82) is 0 Å². The first-order valence-corrected chi connectivity index (χ1v) is 9.69. The molecule has 142 valence electrons. The van der Waals surface area contributed by atoms with E-state index < -0.39 is 0 Å². The fourth-order valence-corrected chi connectivity index (χ4v) is 3.77. The highest BCUT2D eigenvalue weighted by molar-refractivity contribution is 5.94. The molecular weight excluding hydrogens is 342 g/mol. The first kappa shape index (κ1) is 17.7. The number of rotatable bonds is 4. The standard InChI is InChI=1S/C22H25NO4/c1-2-25-18-9-6-16(7-10-18)22(24)23-12-3-5-19(23)17-8-11-20-21(15-17)27-14-4-13-26-20/h6-11,15,19H,2-5,12-14H2,1H3. The molecule has 2 aliphatic rings. The van der Waals surface area contributed by atoms with E-state index in [9.17, 15) is 4.79 Å². The number of hydrogen-bond donors (Lipinski definition) is 0. The molecule has 0 aromatic heterocycles. The van der Waals surface area contributed by atoms with E-state index in [0.717, 1.165) is 48.6 Å². The van der Waals surface area contributed by atoms with Gasteiger partial charge in [0, 0.05) is 18.5 Å². The Morgan fingerprint density at radius 1 is 1.07 bits per heavy atom. The molecule has 2 aromatic rings. The minimum Gasteiger partial charge on any atom is -0.494 e. The molecule has 1 saturated heterocycles. The number of ether oxygens (including phenoxy) is 3. The average Bonchev–Trinajstić information content (AvgIpc) is 3.07. The third kappa shape index (κ3) is 3.72. The molecule has 0 bridgehead atoms. The zero-order chi connectivity index (χ0) is 18.6. The van der Waals surface area contributed by atoms with Gasteiger partial charge in [0.15, 0.2) is 11.5 Å². The summed E-state index contributed by atoms with van der Waals surface area (Å²) >= 11 is 0. The van der Waals surface area contributed by atoms with Gasteiger partial charge in [-0.05, 0) is 61.7 Å². The maximum Gasteiger partial charge on any atom is 0.254 e. The normalized spacial score (nSPS) is 18.9. The summed E-state index contributed by atoms with van der Waals surface area (Å²) in [5.41, 5.74) is 1.80. The van der Waals surface area contributed by atoms with Crippen LogP contribution in [-0.2, 0) is 0 Å². The van der Waals surface area contributed by atoms with E-state index in [4.69, 9.17) is 14.2 Å². The number of likely N-dealkylation sites (tertiary alicyclic amines) is 1. The lowest BCUT2D eigenvalue weighted by Crippen LogP contribution is -2.30. The Labute approximate surface area is 159 Å². The average molecular weight is 367 g/mol. The van der Waals surface area contributed by atoms with Crippen LogP contribution in [0.5, 0.6) is 17.2 Å². The molecule has 4 rings (SSSR count). The van der Waals surface area contributed by atoms with Crippen molar-refractivity contribution >= 4 is 5.91 Å². The lowest BCUT2D eigenvalue weighted by Gasteiger charge is -2.26. The first-order valence-electron chi connectivity index (χ1n) is 9.69. The molecule has 0 N–H and O–H groups in total. The quantitative estimate of drug-likeness (QED) is 0.812. The Morgan fingerprint density at radius 2 is 1.85 bits per heavy atom. The van der Waals surface area contributed by atoms with Crippen LogP contribution in [0, 0.1) is 0 Å². The van der Waals surface area contributed by atoms with E-state index in [2.05, 4.69) is 6.07 Å². The van der Waals surface area contributed by atoms with Crippen LogP contribution in [0.3, 0.4) is 0 Å². The van der Waals surface area contributed by atoms with Gasteiger partial charge in [0.05, 0.1) is 25.9 Å². The second kappa shape index (κ2) is 7.91. The van der Waals surface area contributed by atoms with Crippen molar-refractivity contribution in [2.24, 2.45) is 0 Å². The zero-order valence-electron chi connectivity index (χ0n) is 15.6. The van der Waals surface area contributed by atoms with Gasteiger partial charge in [-0.3, -0.25) is 4.79 Å². The monoisotopic (exact) mass is 367 g/mol. The molecule has 27 heavy (non-hydrogen) atoms. The second-order valence-electron chi connectivity index (χ2n) is 6.87. The molecule has 5 nitrogen and oxygen atoms in total. The Morgan fingerprint density at radius 3 is 2.63 bits per heavy atom. The number of carbonyl (C=O) groups excluding carboxylic acids is 1. The minimum atomic E-state index is 0.0626. The highest BCUT2D eigenvalue weighted by atomic mass is 16.5. The summed E-state index contributed by atoms with van der Waals surface area (Å²) in [6.07, 6.45) is 2.85. The predicted molar refractivity (Wildman–Crippen MR) is 103 cm³/mol. The fourth-order valence-electron chi connectivity index (χ4n) is 3.77. The molecule has 0 saturated carbocycles. The molecule has 2 aliphatic heterocycles. The summed E-state index contributed by atoms with van der Waals surface area (Å²) in [7, 11) is 0. The summed E-state index contributed by atoms with van der Waals surface area (Å²) in [5, 5.41) is 0. The molecule has 1 unspecified atom stereocenters. The smallest absolute Gasteiger partial charge is 0.254 e. The number of carbonyl (C=O) groups is 1. The fraction of sp³-hybridized carbons (Fsp3) is 0.409. The molecule has 0 aliphatic carbocycles. The Balaban J connectivity index is 1.55. The van der Waals surface area contributed by atoms with Gasteiger partial charge in [-0.25, -0.2) is 0 Å². The van der Waals surface area contributed by atoms with Crippen molar-refractivity contribution in [2.45, 2.75) is 32.2 Å². The van der Waals surface area contributed by atoms with Gasteiger partial charge >= 0.3 is 0 Å². The van der Waals surface area contributed by atoms with E-state index in [1.807, 2.05) is 48.2 Å². The second-order valence-corrected chi connectivity index (χ2v) is 6.87. The number of fused-ring (bicyclic) bond motifs is 1. The number of nitrogens with zero attached hydrogens (tertiary/aromatic N) is 1. The summed E-state index contributed by atoms with van der Waals surface area (Å²) in [6, 6.07) is 13.5. The van der Waals surface area contributed by atoms with Crippen LogP contribution in [0.25, 0.3) is 0 Å². The van der Waals surface area contributed by atoms with Gasteiger partial charge in [0.25, 0.3) is 5.91 Å². The van der Waals surface area contributed by atoms with E-state index in [0.29, 0.717) is 25.4 Å². The van der Waals surface area contributed by atoms with Gasteiger partial charge in [-0.2, -0.15) is 0 Å². The largest absolute Gasteiger partial charge is 0.494 e. The highest BCUT2D eigenvalue weighted by Crippen LogP contribution is 2.38. The van der Waals surface area contributed by atoms with Crippen molar-refractivity contribution < 1.29 is 19.0 Å². The van der Waals surface area contributed by atoms with Crippen molar-refractivity contribution in [3.63, 3.8) is 0 Å². The molecule has 1 fully saturated rings. The number of amides is 1. The van der Waals surface area contributed by atoms with Gasteiger partial charge in [-0.15, -0.1) is 0 Å². The van der Waals surface area contributed by atoms with Crippen LogP contribution in [0.2, 0.25) is 0 Å². The van der Waals surface area contributed by atoms with Gasteiger partial charge in [0.1, 0.15) is 5.75 Å². The maximum absolute atomic E-state index is 13.1. The molecular formula is C22H25NO4. The van der Waals surface area contributed by atoms with Crippen LogP contribution < -0.4 is 14.2 Å². The highest BCUT2D eigenvalue weighted by Gasteiger charge is 2.31. The van der Waals surface area contributed by atoms with E-state index in [1.165, 1.54) is 0 Å². The molecule has 0 radical (unpaired) electrons. The Bertz CT molecular complexity index is 802. The van der Waals surface area contributed by atoms with Crippen LogP contribution in [-0.4, -0.2) is 37.2 Å².